The maximum absolute atomic E-state index is 13.2. The Morgan fingerprint density at radius 1 is 0.875 bits per heavy atom. The number of anilines is 1. The number of amides is 2. The lowest BCUT2D eigenvalue weighted by atomic mass is 9.87. The van der Waals surface area contributed by atoms with Gasteiger partial charge in [0.1, 0.15) is 5.75 Å². The van der Waals surface area contributed by atoms with Crippen LogP contribution in [0.4, 0.5) is 5.69 Å². The molecular formula is C26H31N3O3. The molecule has 2 heterocycles. The van der Waals surface area contributed by atoms with E-state index in [1.807, 2.05) is 19.1 Å². The molecule has 2 saturated heterocycles. The summed E-state index contributed by atoms with van der Waals surface area (Å²) in [5.41, 5.74) is 3.60. The number of carbonyl (C=O) groups excluding carboxylic acids is 2. The first kappa shape index (κ1) is 21.2. The van der Waals surface area contributed by atoms with Gasteiger partial charge in [0.25, 0.3) is 5.91 Å². The molecule has 0 N–H and O–H groups in total. The number of nitrogens with zero attached hydrogens (tertiary/aromatic N) is 3. The summed E-state index contributed by atoms with van der Waals surface area (Å²) in [4.78, 5) is 32.0. The zero-order valence-corrected chi connectivity index (χ0v) is 18.7. The fourth-order valence-corrected chi connectivity index (χ4v) is 5.43. The Bertz CT molecular complexity index is 982. The molecule has 0 bridgehead atoms. The summed E-state index contributed by atoms with van der Waals surface area (Å²) < 4.78 is 5.47. The number of piperazine rings is 1. The molecule has 2 amide bonds. The standard InChI is InChI=1S/C26H31N3O3/c1-2-32-23-11-9-21(10-12-23)29-25(30)18-24(26(29)31)28-15-13-27(14-16-28)22-8-7-19-5-3-4-6-20(19)17-22/h3-6,9-12,22,24H,2,7-8,13-18H2,1H3/t22-,24+/m1/s1. The molecule has 0 unspecified atom stereocenters. The van der Waals surface area contributed by atoms with Gasteiger partial charge in [0.05, 0.1) is 24.8 Å². The quantitative estimate of drug-likeness (QED) is 0.679. The van der Waals surface area contributed by atoms with Gasteiger partial charge in [0.2, 0.25) is 5.91 Å². The van der Waals surface area contributed by atoms with E-state index in [1.165, 1.54) is 22.4 Å². The monoisotopic (exact) mass is 433 g/mol. The summed E-state index contributed by atoms with van der Waals surface area (Å²) in [7, 11) is 0. The fourth-order valence-electron chi connectivity index (χ4n) is 5.43. The van der Waals surface area contributed by atoms with Gasteiger partial charge in [-0.25, -0.2) is 4.90 Å². The molecule has 3 aliphatic rings. The molecule has 1 aliphatic carbocycles. The molecule has 2 atom stereocenters. The van der Waals surface area contributed by atoms with Crippen molar-refractivity contribution in [3.05, 3.63) is 59.7 Å². The molecule has 168 valence electrons. The van der Waals surface area contributed by atoms with E-state index < -0.39 is 0 Å². The van der Waals surface area contributed by atoms with Gasteiger partial charge in [-0.1, -0.05) is 24.3 Å². The largest absolute Gasteiger partial charge is 0.494 e. The normalized spacial score (nSPS) is 24.6. The minimum atomic E-state index is -0.344. The third-order valence-corrected chi connectivity index (χ3v) is 7.16. The van der Waals surface area contributed by atoms with Crippen LogP contribution in [-0.2, 0) is 22.4 Å². The summed E-state index contributed by atoms with van der Waals surface area (Å²) in [6, 6.07) is 16.2. The van der Waals surface area contributed by atoms with Crippen LogP contribution in [0, 0.1) is 0 Å². The average molecular weight is 434 g/mol. The Hall–Kier alpha value is -2.70. The molecule has 5 rings (SSSR count). The van der Waals surface area contributed by atoms with Gasteiger partial charge in [-0.05, 0) is 61.6 Å². The van der Waals surface area contributed by atoms with Crippen molar-refractivity contribution in [3.8, 4) is 5.75 Å². The molecule has 6 heteroatoms. The summed E-state index contributed by atoms with van der Waals surface area (Å²) >= 11 is 0. The Kier molecular flexibility index (Phi) is 5.98. The Labute approximate surface area is 189 Å². The molecule has 2 aromatic carbocycles. The minimum Gasteiger partial charge on any atom is -0.494 e. The predicted octanol–water partition coefficient (Wildman–Crippen LogP) is 2.89. The maximum atomic E-state index is 13.2. The smallest absolute Gasteiger partial charge is 0.251 e. The summed E-state index contributed by atoms with van der Waals surface area (Å²) in [5.74, 6) is 0.531. The van der Waals surface area contributed by atoms with E-state index in [-0.39, 0.29) is 24.3 Å². The van der Waals surface area contributed by atoms with E-state index in [4.69, 9.17) is 4.74 Å². The van der Waals surface area contributed by atoms with Crippen molar-refractivity contribution < 1.29 is 14.3 Å². The molecule has 0 spiro atoms. The second-order valence-corrected chi connectivity index (χ2v) is 8.95. The molecule has 2 fully saturated rings. The highest BCUT2D eigenvalue weighted by Crippen LogP contribution is 2.29. The predicted molar refractivity (Wildman–Crippen MR) is 124 cm³/mol. The van der Waals surface area contributed by atoms with Crippen LogP contribution in [0.2, 0.25) is 0 Å². The molecular weight excluding hydrogens is 402 g/mol. The molecule has 0 saturated carbocycles. The van der Waals surface area contributed by atoms with Crippen molar-refractivity contribution in [1.82, 2.24) is 9.80 Å². The van der Waals surface area contributed by atoms with Crippen LogP contribution in [0.15, 0.2) is 48.5 Å². The van der Waals surface area contributed by atoms with Crippen LogP contribution >= 0.6 is 0 Å². The lowest BCUT2D eigenvalue weighted by Crippen LogP contribution is -2.55. The van der Waals surface area contributed by atoms with Gasteiger partial charge in [-0.3, -0.25) is 19.4 Å². The van der Waals surface area contributed by atoms with E-state index in [0.29, 0.717) is 18.3 Å². The summed E-state index contributed by atoms with van der Waals surface area (Å²) in [5, 5.41) is 0. The van der Waals surface area contributed by atoms with Gasteiger partial charge in [0, 0.05) is 32.2 Å². The van der Waals surface area contributed by atoms with Crippen LogP contribution < -0.4 is 9.64 Å². The number of hydrogen-bond donors (Lipinski definition) is 0. The molecule has 32 heavy (non-hydrogen) atoms. The summed E-state index contributed by atoms with van der Waals surface area (Å²) in [6.07, 6.45) is 3.72. The first-order valence-corrected chi connectivity index (χ1v) is 11.8. The van der Waals surface area contributed by atoms with Gasteiger partial charge in [0.15, 0.2) is 0 Å². The first-order chi connectivity index (χ1) is 15.6. The van der Waals surface area contributed by atoms with Crippen molar-refractivity contribution in [3.63, 3.8) is 0 Å². The van der Waals surface area contributed by atoms with Crippen molar-refractivity contribution in [2.75, 3.05) is 37.7 Å². The Morgan fingerprint density at radius 2 is 1.56 bits per heavy atom. The number of fused-ring (bicyclic) bond motifs is 1. The minimum absolute atomic E-state index is 0.0980. The topological polar surface area (TPSA) is 53.1 Å². The van der Waals surface area contributed by atoms with E-state index >= 15 is 0 Å². The van der Waals surface area contributed by atoms with E-state index in [2.05, 4.69) is 34.1 Å². The lowest BCUT2D eigenvalue weighted by molar-refractivity contribution is -0.123. The third-order valence-electron chi connectivity index (χ3n) is 7.16. The number of imide groups is 1. The van der Waals surface area contributed by atoms with Gasteiger partial charge < -0.3 is 4.74 Å². The van der Waals surface area contributed by atoms with Crippen LogP contribution in [-0.4, -0.2) is 66.5 Å². The second-order valence-electron chi connectivity index (χ2n) is 8.95. The number of benzene rings is 2. The zero-order valence-electron chi connectivity index (χ0n) is 18.7. The van der Waals surface area contributed by atoms with Crippen LogP contribution in [0.25, 0.3) is 0 Å². The van der Waals surface area contributed by atoms with Crippen LogP contribution in [0.5, 0.6) is 5.75 Å². The van der Waals surface area contributed by atoms with E-state index in [1.54, 1.807) is 12.1 Å². The van der Waals surface area contributed by atoms with Crippen molar-refractivity contribution in [1.29, 1.82) is 0 Å². The fraction of sp³-hybridized carbons (Fsp3) is 0.462. The lowest BCUT2D eigenvalue weighted by Gasteiger charge is -2.42. The molecule has 0 radical (unpaired) electrons. The Morgan fingerprint density at radius 3 is 2.28 bits per heavy atom. The SMILES string of the molecule is CCOc1ccc(N2C(=O)C[C@H](N3CCN([C@@H]4CCc5ccccc5C4)CC3)C2=O)cc1. The van der Waals surface area contributed by atoms with Crippen LogP contribution in [0.3, 0.4) is 0 Å². The average Bonchev–Trinajstić information content (AvgIpc) is 3.13. The second kappa shape index (κ2) is 9.04. The van der Waals surface area contributed by atoms with Gasteiger partial charge in [-0.15, -0.1) is 0 Å². The van der Waals surface area contributed by atoms with Gasteiger partial charge in [-0.2, -0.15) is 0 Å². The number of hydrogen-bond acceptors (Lipinski definition) is 5. The van der Waals surface area contributed by atoms with Gasteiger partial charge >= 0.3 is 0 Å². The number of rotatable bonds is 5. The first-order valence-electron chi connectivity index (χ1n) is 11.8. The van der Waals surface area contributed by atoms with Crippen molar-refractivity contribution >= 4 is 17.5 Å². The highest BCUT2D eigenvalue weighted by atomic mass is 16.5. The number of ether oxygens (including phenoxy) is 1. The highest BCUT2D eigenvalue weighted by Gasteiger charge is 2.43. The molecule has 2 aliphatic heterocycles. The van der Waals surface area contributed by atoms with Crippen LogP contribution in [0.1, 0.15) is 30.9 Å². The van der Waals surface area contributed by atoms with Crippen molar-refractivity contribution in [2.24, 2.45) is 0 Å². The third kappa shape index (κ3) is 4.05. The Balaban J connectivity index is 1.20. The molecule has 0 aromatic heterocycles. The number of aryl methyl sites for hydroxylation is 1. The highest BCUT2D eigenvalue weighted by molar-refractivity contribution is 6.22. The van der Waals surface area contributed by atoms with E-state index in [0.717, 1.165) is 44.8 Å². The molecule has 2 aromatic rings. The zero-order chi connectivity index (χ0) is 22.1. The van der Waals surface area contributed by atoms with Crippen molar-refractivity contribution in [2.45, 2.75) is 44.7 Å². The maximum Gasteiger partial charge on any atom is 0.251 e. The number of carbonyl (C=O) groups is 2. The van der Waals surface area contributed by atoms with E-state index in [9.17, 15) is 9.59 Å². The summed E-state index contributed by atoms with van der Waals surface area (Å²) in [6.45, 7) is 6.08. The molecule has 6 nitrogen and oxygen atoms in total.